The molecule has 204 valence electrons. The predicted molar refractivity (Wildman–Crippen MR) is 135 cm³/mol. The molecule has 0 rings (SSSR count). The highest BCUT2D eigenvalue weighted by molar-refractivity contribution is 7.91. The number of rotatable bonds is 8. The minimum atomic E-state index is -3.54. The van der Waals surface area contributed by atoms with Crippen LogP contribution in [0.15, 0.2) is 0 Å². The van der Waals surface area contributed by atoms with Crippen LogP contribution in [0.4, 0.5) is 0 Å². The molecule has 0 heterocycles. The summed E-state index contributed by atoms with van der Waals surface area (Å²) < 4.78 is 51.0. The topological polar surface area (TPSA) is 167 Å². The zero-order valence-electron chi connectivity index (χ0n) is 22.7. The van der Waals surface area contributed by atoms with Crippen LogP contribution in [0.2, 0.25) is 0 Å². The zero-order chi connectivity index (χ0) is 28.1. The molecular weight excluding hydrogens is 484 g/mol. The Morgan fingerprint density at radius 1 is 0.588 bits per heavy atom. The first-order chi connectivity index (χ1) is 14.5. The molecule has 0 saturated carbocycles. The second kappa shape index (κ2) is 11.7. The summed E-state index contributed by atoms with van der Waals surface area (Å²) in [4.78, 5) is 21.5. The number of hydrogen-bond acceptors (Lipinski definition) is 6. The second-order valence-corrected chi connectivity index (χ2v) is 17.4. The molecule has 0 aliphatic heterocycles. The van der Waals surface area contributed by atoms with Gasteiger partial charge in [0.2, 0.25) is 20.0 Å². The van der Waals surface area contributed by atoms with Crippen LogP contribution in [0.3, 0.4) is 0 Å². The molecule has 0 amide bonds. The van der Waals surface area contributed by atoms with E-state index in [9.17, 15) is 26.4 Å². The first kappa shape index (κ1) is 34.9. The molecule has 0 unspecified atom stereocenters. The summed E-state index contributed by atoms with van der Waals surface area (Å²) in [5.74, 6) is -2.02. The van der Waals surface area contributed by atoms with Crippen LogP contribution in [0.5, 0.6) is 0 Å². The molecule has 2 atom stereocenters. The maximum absolute atomic E-state index is 12.0. The molecule has 0 aromatic rings. The Labute approximate surface area is 206 Å². The van der Waals surface area contributed by atoms with Gasteiger partial charge < -0.3 is 10.2 Å². The minimum absolute atomic E-state index is 0.223. The SMILES string of the molecule is CC(C)(C)[C@H](CC(=O)O)NS(=O)(=O)C(C)(C)C.CC(C)(C)[C@H](CC(=O)O)NS(=O)(=O)C(C)(C)C. The Balaban J connectivity index is 0. The molecule has 0 bridgehead atoms. The fourth-order valence-corrected chi connectivity index (χ4v) is 4.46. The van der Waals surface area contributed by atoms with Crippen molar-refractivity contribution in [1.29, 1.82) is 0 Å². The van der Waals surface area contributed by atoms with E-state index in [1.54, 1.807) is 41.5 Å². The molecule has 0 saturated heterocycles. The van der Waals surface area contributed by atoms with Crippen molar-refractivity contribution in [3.63, 3.8) is 0 Å². The first-order valence-corrected chi connectivity index (χ1v) is 14.0. The number of carboxylic acid groups (broad SMARTS) is 2. The molecular formula is C22H46N2O8S2. The van der Waals surface area contributed by atoms with Gasteiger partial charge in [-0.3, -0.25) is 9.59 Å². The second-order valence-electron chi connectivity index (χ2n) is 12.5. The van der Waals surface area contributed by atoms with E-state index in [1.165, 1.54) is 0 Å². The van der Waals surface area contributed by atoms with Crippen molar-refractivity contribution in [2.24, 2.45) is 10.8 Å². The van der Waals surface area contributed by atoms with Crippen LogP contribution < -0.4 is 9.44 Å². The minimum Gasteiger partial charge on any atom is -0.481 e. The van der Waals surface area contributed by atoms with Gasteiger partial charge in [-0.05, 0) is 52.4 Å². The van der Waals surface area contributed by atoms with E-state index in [4.69, 9.17) is 10.2 Å². The Kier molecular flexibility index (Phi) is 12.0. The van der Waals surface area contributed by atoms with Crippen LogP contribution in [0.1, 0.15) is 95.9 Å². The summed E-state index contributed by atoms with van der Waals surface area (Å²) >= 11 is 0. The van der Waals surface area contributed by atoms with E-state index >= 15 is 0 Å². The lowest BCUT2D eigenvalue weighted by molar-refractivity contribution is -0.139. The van der Waals surface area contributed by atoms with Gasteiger partial charge in [0.05, 0.1) is 22.3 Å². The lowest BCUT2D eigenvalue weighted by Crippen LogP contribution is -2.50. The average Bonchev–Trinajstić information content (AvgIpc) is 2.48. The molecule has 34 heavy (non-hydrogen) atoms. The van der Waals surface area contributed by atoms with Crippen LogP contribution in [0, 0.1) is 10.8 Å². The maximum Gasteiger partial charge on any atom is 0.304 e. The van der Waals surface area contributed by atoms with Gasteiger partial charge in [-0.15, -0.1) is 0 Å². The lowest BCUT2D eigenvalue weighted by atomic mass is 9.85. The van der Waals surface area contributed by atoms with E-state index in [1.807, 2.05) is 41.5 Å². The van der Waals surface area contributed by atoms with Gasteiger partial charge in [-0.1, -0.05) is 41.5 Å². The molecule has 0 aromatic carbocycles. The molecule has 0 aromatic heterocycles. The number of hydrogen-bond donors (Lipinski definition) is 4. The highest BCUT2D eigenvalue weighted by Gasteiger charge is 2.37. The van der Waals surface area contributed by atoms with E-state index in [0.717, 1.165) is 0 Å². The Morgan fingerprint density at radius 2 is 0.794 bits per heavy atom. The molecule has 10 nitrogen and oxygen atoms in total. The van der Waals surface area contributed by atoms with Crippen LogP contribution >= 0.6 is 0 Å². The summed E-state index contributed by atoms with van der Waals surface area (Å²) in [6, 6.07) is -1.24. The number of nitrogens with one attached hydrogen (secondary N) is 2. The molecule has 0 aliphatic carbocycles. The Bertz CT molecular complexity index is 823. The maximum atomic E-state index is 12.0. The molecule has 0 aliphatic rings. The van der Waals surface area contributed by atoms with Crippen molar-refractivity contribution >= 4 is 32.0 Å². The Hall–Kier alpha value is -1.24. The lowest BCUT2D eigenvalue weighted by Gasteiger charge is -2.32. The third kappa shape index (κ3) is 12.5. The number of carbonyl (C=O) groups is 2. The van der Waals surface area contributed by atoms with Crippen molar-refractivity contribution in [1.82, 2.24) is 9.44 Å². The number of carboxylic acids is 2. The summed E-state index contributed by atoms with van der Waals surface area (Å²) in [6.45, 7) is 20.3. The van der Waals surface area contributed by atoms with Crippen LogP contribution in [-0.4, -0.2) is 60.6 Å². The van der Waals surface area contributed by atoms with Gasteiger partial charge in [-0.2, -0.15) is 0 Å². The van der Waals surface area contributed by atoms with Gasteiger partial charge >= 0.3 is 11.9 Å². The fourth-order valence-electron chi connectivity index (χ4n) is 2.13. The van der Waals surface area contributed by atoms with Crippen molar-refractivity contribution in [3.05, 3.63) is 0 Å². The van der Waals surface area contributed by atoms with Gasteiger partial charge in [-0.25, -0.2) is 26.3 Å². The van der Waals surface area contributed by atoms with Gasteiger partial charge in [0.1, 0.15) is 0 Å². The van der Waals surface area contributed by atoms with E-state index in [-0.39, 0.29) is 12.8 Å². The van der Waals surface area contributed by atoms with Crippen molar-refractivity contribution in [2.45, 2.75) is 118 Å². The van der Waals surface area contributed by atoms with Crippen molar-refractivity contribution in [3.8, 4) is 0 Å². The third-order valence-electron chi connectivity index (χ3n) is 5.06. The highest BCUT2D eigenvalue weighted by atomic mass is 32.2. The van der Waals surface area contributed by atoms with Gasteiger partial charge in [0, 0.05) is 12.1 Å². The molecule has 0 radical (unpaired) electrons. The van der Waals surface area contributed by atoms with E-state index < -0.39 is 64.4 Å². The number of sulfonamides is 2. The molecule has 4 N–H and O–H groups in total. The fraction of sp³-hybridized carbons (Fsp3) is 0.909. The quantitative estimate of drug-likeness (QED) is 0.371. The standard InChI is InChI=1S/2C11H23NO4S/c2*1-10(2,3)8(7-9(13)14)12-17(15,16)11(4,5)6/h2*8,12H,7H2,1-6H3,(H,13,14)/t2*8-/m00/s1. The summed E-state index contributed by atoms with van der Waals surface area (Å²) in [7, 11) is -7.08. The highest BCUT2D eigenvalue weighted by Crippen LogP contribution is 2.26. The van der Waals surface area contributed by atoms with Gasteiger partial charge in [0.25, 0.3) is 0 Å². The summed E-state index contributed by atoms with van der Waals surface area (Å²) in [6.07, 6.45) is -0.447. The molecule has 0 spiro atoms. The van der Waals surface area contributed by atoms with Crippen LogP contribution in [-0.2, 0) is 29.6 Å². The van der Waals surface area contributed by atoms with Crippen LogP contribution in [0.25, 0.3) is 0 Å². The van der Waals surface area contributed by atoms with E-state index in [2.05, 4.69) is 9.44 Å². The average molecular weight is 531 g/mol. The first-order valence-electron chi connectivity index (χ1n) is 11.0. The predicted octanol–water partition coefficient (Wildman–Crippen LogP) is 3.19. The largest absolute Gasteiger partial charge is 0.481 e. The molecule has 12 heteroatoms. The van der Waals surface area contributed by atoms with Gasteiger partial charge in [0.15, 0.2) is 0 Å². The molecule has 0 fully saturated rings. The zero-order valence-corrected chi connectivity index (χ0v) is 24.4. The Morgan fingerprint density at radius 3 is 0.912 bits per heavy atom. The van der Waals surface area contributed by atoms with Crippen molar-refractivity contribution < 1.29 is 36.6 Å². The smallest absolute Gasteiger partial charge is 0.304 e. The number of aliphatic carboxylic acids is 2. The van der Waals surface area contributed by atoms with Crippen molar-refractivity contribution in [2.75, 3.05) is 0 Å². The third-order valence-corrected chi connectivity index (χ3v) is 9.47. The summed E-state index contributed by atoms with van der Waals surface area (Å²) in [5, 5.41) is 17.6. The summed E-state index contributed by atoms with van der Waals surface area (Å²) in [5.41, 5.74) is -0.895. The normalized spacial score (nSPS) is 15.6. The monoisotopic (exact) mass is 530 g/mol. The van der Waals surface area contributed by atoms with E-state index in [0.29, 0.717) is 0 Å².